The minimum atomic E-state index is -3.67. The third-order valence-corrected chi connectivity index (χ3v) is 6.74. The van der Waals surface area contributed by atoms with Crippen molar-refractivity contribution in [3.8, 4) is 5.75 Å². The van der Waals surface area contributed by atoms with Crippen LogP contribution in [-0.2, 0) is 21.2 Å². The summed E-state index contributed by atoms with van der Waals surface area (Å²) in [5.74, 6) is -0.376. The average Bonchev–Trinajstić information content (AvgIpc) is 3.33. The van der Waals surface area contributed by atoms with E-state index in [9.17, 15) is 22.4 Å². The molecule has 3 N–H and O–H groups in total. The van der Waals surface area contributed by atoms with Gasteiger partial charge < -0.3 is 9.72 Å². The van der Waals surface area contributed by atoms with Crippen LogP contribution >= 0.6 is 0 Å². The van der Waals surface area contributed by atoms with E-state index in [-0.39, 0.29) is 30.4 Å². The van der Waals surface area contributed by atoms with E-state index in [1.165, 1.54) is 24.4 Å². The van der Waals surface area contributed by atoms with Crippen molar-refractivity contribution in [3.05, 3.63) is 41.5 Å². The van der Waals surface area contributed by atoms with E-state index in [1.54, 1.807) is 6.92 Å². The van der Waals surface area contributed by atoms with Crippen molar-refractivity contribution >= 4 is 27.9 Å². The first kappa shape index (κ1) is 22.2. The Morgan fingerprint density at radius 1 is 1.34 bits per heavy atom. The molecule has 1 aliphatic carbocycles. The van der Waals surface area contributed by atoms with Crippen molar-refractivity contribution in [3.63, 3.8) is 0 Å². The molecule has 2 heterocycles. The lowest BCUT2D eigenvalue weighted by molar-refractivity contribution is -0.117. The van der Waals surface area contributed by atoms with Gasteiger partial charge in [0.2, 0.25) is 21.9 Å². The number of aromatic nitrogens is 2. The van der Waals surface area contributed by atoms with E-state index in [2.05, 4.69) is 20.0 Å². The Kier molecular flexibility index (Phi) is 6.15. The summed E-state index contributed by atoms with van der Waals surface area (Å²) in [7, 11) is -3.67. The molecule has 172 valence electrons. The molecule has 0 unspecified atom stereocenters. The highest BCUT2D eigenvalue weighted by atomic mass is 32.2. The summed E-state index contributed by atoms with van der Waals surface area (Å²) < 4.78 is 47.2. The predicted molar refractivity (Wildman–Crippen MR) is 113 cm³/mol. The van der Waals surface area contributed by atoms with Crippen LogP contribution in [-0.4, -0.2) is 49.2 Å². The molecule has 10 nitrogen and oxygen atoms in total. The van der Waals surface area contributed by atoms with Crippen LogP contribution in [0.25, 0.3) is 0 Å². The molecule has 12 heteroatoms. The number of ether oxygens (including phenoxy) is 1. The molecule has 3 amide bonds. The summed E-state index contributed by atoms with van der Waals surface area (Å²) in [6.45, 7) is 1.99. The molecule has 1 atom stereocenters. The number of carbonyl (C=O) groups is 2. The predicted octanol–water partition coefficient (Wildman–Crippen LogP) is 1.62. The van der Waals surface area contributed by atoms with Gasteiger partial charge in [0.15, 0.2) is 11.6 Å². The monoisotopic (exact) mass is 465 g/mol. The van der Waals surface area contributed by atoms with Crippen LogP contribution in [0.15, 0.2) is 24.4 Å². The molecule has 1 saturated heterocycles. The highest BCUT2D eigenvalue weighted by Gasteiger charge is 2.30. The fourth-order valence-electron chi connectivity index (χ4n) is 3.26. The summed E-state index contributed by atoms with van der Waals surface area (Å²) in [5.41, 5.74) is 1.09. The average molecular weight is 466 g/mol. The zero-order valence-corrected chi connectivity index (χ0v) is 18.2. The Morgan fingerprint density at radius 2 is 2.12 bits per heavy atom. The minimum Gasteiger partial charge on any atom is -0.490 e. The van der Waals surface area contributed by atoms with Crippen LogP contribution in [0.4, 0.5) is 15.1 Å². The number of imide groups is 1. The Morgan fingerprint density at radius 3 is 2.81 bits per heavy atom. The molecular weight excluding hydrogens is 441 g/mol. The SMILES string of the molecule is C[C@@H](NS(=O)(=O)CCc1cnc(N2CC(=O)NC2=O)[nH]1)c1ccc(F)c(OCC2CC2)c1. The molecule has 2 aliphatic rings. The summed E-state index contributed by atoms with van der Waals surface area (Å²) in [6.07, 6.45) is 3.71. The number of amides is 3. The molecule has 1 aromatic heterocycles. The van der Waals surface area contributed by atoms with Crippen molar-refractivity contribution in [2.24, 2.45) is 5.92 Å². The third kappa shape index (κ3) is 5.43. The topological polar surface area (TPSA) is 133 Å². The molecule has 2 aromatic rings. The summed E-state index contributed by atoms with van der Waals surface area (Å²) in [5, 5.41) is 2.14. The van der Waals surface area contributed by atoms with E-state index in [4.69, 9.17) is 4.74 Å². The highest BCUT2D eigenvalue weighted by molar-refractivity contribution is 7.89. The number of benzene rings is 1. The summed E-state index contributed by atoms with van der Waals surface area (Å²) in [6, 6.07) is 3.15. The van der Waals surface area contributed by atoms with E-state index in [0.29, 0.717) is 23.8 Å². The zero-order chi connectivity index (χ0) is 22.9. The molecule has 1 saturated carbocycles. The standard InChI is InChI=1S/C20H24FN5O5S/c1-12(14-4-5-16(21)17(8-14)31-11-13-2-3-13)25-32(29,30)7-6-15-9-22-19(23-15)26-10-18(27)24-20(26)28/h4-5,8-9,12-13,25H,2-3,6-7,10-11H2,1H3,(H,22,23)(H,24,27,28)/t12-/m1/s1. The van der Waals surface area contributed by atoms with Crippen molar-refractivity contribution < 1.29 is 27.1 Å². The number of hydrogen-bond acceptors (Lipinski definition) is 6. The summed E-state index contributed by atoms with van der Waals surface area (Å²) in [4.78, 5) is 31.0. The lowest BCUT2D eigenvalue weighted by atomic mass is 10.1. The van der Waals surface area contributed by atoms with Crippen molar-refractivity contribution in [1.82, 2.24) is 20.0 Å². The van der Waals surface area contributed by atoms with Gasteiger partial charge in [-0.2, -0.15) is 0 Å². The number of halogens is 1. The van der Waals surface area contributed by atoms with Crippen LogP contribution in [0.2, 0.25) is 0 Å². The molecule has 32 heavy (non-hydrogen) atoms. The van der Waals surface area contributed by atoms with Crippen molar-refractivity contribution in [2.45, 2.75) is 32.2 Å². The number of hydrogen-bond donors (Lipinski definition) is 3. The maximum Gasteiger partial charge on any atom is 0.331 e. The Bertz CT molecular complexity index is 1130. The zero-order valence-electron chi connectivity index (χ0n) is 17.4. The van der Waals surface area contributed by atoms with Gasteiger partial charge in [-0.05, 0) is 43.4 Å². The number of carbonyl (C=O) groups excluding carboxylic acids is 2. The van der Waals surface area contributed by atoms with Gasteiger partial charge >= 0.3 is 6.03 Å². The van der Waals surface area contributed by atoms with Gasteiger partial charge in [0.05, 0.1) is 18.6 Å². The number of rotatable bonds is 10. The molecule has 0 radical (unpaired) electrons. The van der Waals surface area contributed by atoms with Gasteiger partial charge in [-0.15, -0.1) is 0 Å². The van der Waals surface area contributed by atoms with E-state index in [0.717, 1.165) is 17.7 Å². The van der Waals surface area contributed by atoms with Crippen molar-refractivity contribution in [1.29, 1.82) is 0 Å². The second-order valence-corrected chi connectivity index (χ2v) is 9.90. The van der Waals surface area contributed by atoms with Crippen LogP contribution < -0.4 is 19.7 Å². The Hall–Kier alpha value is -2.99. The van der Waals surface area contributed by atoms with Gasteiger partial charge in [0.25, 0.3) is 0 Å². The van der Waals surface area contributed by atoms with Gasteiger partial charge in [0.1, 0.15) is 6.54 Å². The first-order valence-corrected chi connectivity index (χ1v) is 11.9. The van der Waals surface area contributed by atoms with E-state index < -0.39 is 33.8 Å². The van der Waals surface area contributed by atoms with Crippen LogP contribution in [0.5, 0.6) is 5.75 Å². The van der Waals surface area contributed by atoms with Crippen LogP contribution in [0.1, 0.15) is 37.1 Å². The number of nitrogens with zero attached hydrogens (tertiary/aromatic N) is 2. The quantitative estimate of drug-likeness (QED) is 0.457. The smallest absolute Gasteiger partial charge is 0.331 e. The highest BCUT2D eigenvalue weighted by Crippen LogP contribution is 2.31. The van der Waals surface area contributed by atoms with Crippen molar-refractivity contribution in [2.75, 3.05) is 23.8 Å². The number of anilines is 1. The number of nitrogens with one attached hydrogen (secondary N) is 3. The van der Waals surface area contributed by atoms with Gasteiger partial charge in [0, 0.05) is 18.2 Å². The fourth-order valence-corrected chi connectivity index (χ4v) is 4.54. The number of aromatic amines is 1. The van der Waals surface area contributed by atoms with E-state index in [1.807, 2.05) is 0 Å². The fraction of sp³-hybridized carbons (Fsp3) is 0.450. The van der Waals surface area contributed by atoms with Gasteiger partial charge in [-0.1, -0.05) is 6.07 Å². The summed E-state index contributed by atoms with van der Waals surface area (Å²) >= 11 is 0. The molecule has 0 bridgehead atoms. The van der Waals surface area contributed by atoms with Gasteiger partial charge in [-0.3, -0.25) is 15.0 Å². The number of aryl methyl sites for hydroxylation is 1. The second-order valence-electron chi connectivity index (χ2n) is 8.02. The Labute approximate surface area is 184 Å². The molecule has 4 rings (SSSR count). The Balaban J connectivity index is 1.33. The molecule has 2 fully saturated rings. The first-order valence-electron chi connectivity index (χ1n) is 10.3. The minimum absolute atomic E-state index is 0.120. The van der Waals surface area contributed by atoms with Crippen LogP contribution in [0.3, 0.4) is 0 Å². The molecule has 0 spiro atoms. The number of urea groups is 1. The van der Waals surface area contributed by atoms with Gasteiger partial charge in [-0.25, -0.2) is 27.3 Å². The van der Waals surface area contributed by atoms with Crippen LogP contribution in [0, 0.1) is 11.7 Å². The molecular formula is C20H24FN5O5S. The number of imidazole rings is 1. The van der Waals surface area contributed by atoms with E-state index >= 15 is 0 Å². The second kappa shape index (κ2) is 8.87. The molecule has 1 aliphatic heterocycles. The maximum absolute atomic E-state index is 14.0. The lowest BCUT2D eigenvalue weighted by Crippen LogP contribution is -2.30. The number of sulfonamides is 1. The maximum atomic E-state index is 14.0. The largest absolute Gasteiger partial charge is 0.490 e. The third-order valence-electron chi connectivity index (χ3n) is 5.29. The molecule has 1 aromatic carbocycles. The first-order chi connectivity index (χ1) is 15.2. The lowest BCUT2D eigenvalue weighted by Gasteiger charge is -2.16. The normalized spacial score (nSPS) is 17.5. The number of H-pyrrole nitrogens is 1.